The van der Waals surface area contributed by atoms with Gasteiger partial charge in [0.2, 0.25) is 0 Å². The molecule has 1 aliphatic rings. The molecule has 8 nitrogen and oxygen atoms in total. The zero-order chi connectivity index (χ0) is 15.0. The van der Waals surface area contributed by atoms with Crippen molar-refractivity contribution in [1.82, 2.24) is 9.78 Å². The van der Waals surface area contributed by atoms with E-state index in [0.29, 0.717) is 11.4 Å². The molecule has 10 heteroatoms. The summed E-state index contributed by atoms with van der Waals surface area (Å²) in [5.41, 5.74) is 0.953. The van der Waals surface area contributed by atoms with Gasteiger partial charge in [-0.1, -0.05) is 6.07 Å². The Hall–Kier alpha value is -2.51. The highest BCUT2D eigenvalue weighted by Gasteiger charge is 2.24. The number of rotatable bonds is 3. The highest BCUT2D eigenvalue weighted by atomic mass is 32.2. The molecule has 1 aliphatic heterocycles. The van der Waals surface area contributed by atoms with Gasteiger partial charge in [0, 0.05) is 7.05 Å². The van der Waals surface area contributed by atoms with Crippen molar-refractivity contribution in [3.05, 3.63) is 30.0 Å². The van der Waals surface area contributed by atoms with Crippen LogP contribution in [0, 0.1) is 11.3 Å². The number of nitrogens with one attached hydrogen (secondary N) is 1. The largest absolute Gasteiger partial charge is 0.265 e. The number of nitrogens with zero attached hydrogens (tertiary/aromatic N) is 5. The third kappa shape index (κ3) is 2.22. The molecule has 2 aromatic rings. The second-order valence-electron chi connectivity index (χ2n) is 4.14. The minimum atomic E-state index is -3.89. The highest BCUT2D eigenvalue weighted by Crippen LogP contribution is 2.38. The maximum atomic E-state index is 12.5. The summed E-state index contributed by atoms with van der Waals surface area (Å²) in [6.45, 7) is 0. The Morgan fingerprint density at radius 2 is 2.19 bits per heavy atom. The average molecular weight is 320 g/mol. The third-order valence-electron chi connectivity index (χ3n) is 2.83. The summed E-state index contributed by atoms with van der Waals surface area (Å²) in [6.07, 6.45) is 1.29. The summed E-state index contributed by atoms with van der Waals surface area (Å²) in [6, 6.07) is 6.60. The lowest BCUT2D eigenvalue weighted by atomic mass is 10.3. The van der Waals surface area contributed by atoms with Gasteiger partial charge in [-0.2, -0.15) is 19.1 Å². The van der Waals surface area contributed by atoms with Crippen LogP contribution in [0.4, 0.5) is 17.2 Å². The summed E-state index contributed by atoms with van der Waals surface area (Å²) in [5, 5.41) is 12.8. The van der Waals surface area contributed by atoms with Gasteiger partial charge in [-0.25, -0.2) is 8.42 Å². The minimum Gasteiger partial charge on any atom is -0.262 e. The van der Waals surface area contributed by atoms with Crippen LogP contribution < -0.4 is 4.72 Å². The Bertz CT molecular complexity index is 948. The lowest BCUT2D eigenvalue weighted by molar-refractivity contribution is 0.600. The Morgan fingerprint density at radius 1 is 1.38 bits per heavy atom. The molecule has 0 unspecified atom stereocenters. The number of fused-ring (bicyclic) bond motifs is 1. The fraction of sp³-hybridized carbons (Fsp3) is 0.0909. The van der Waals surface area contributed by atoms with Crippen molar-refractivity contribution >= 4 is 38.6 Å². The van der Waals surface area contributed by atoms with Crippen LogP contribution in [0.1, 0.15) is 5.56 Å². The molecule has 0 atom stereocenters. The van der Waals surface area contributed by atoms with Crippen LogP contribution in [0.2, 0.25) is 0 Å². The van der Waals surface area contributed by atoms with E-state index < -0.39 is 10.0 Å². The molecule has 1 aromatic heterocycles. The van der Waals surface area contributed by atoms with E-state index in [4.69, 9.17) is 5.26 Å². The average Bonchev–Trinajstić information content (AvgIpc) is 3.05. The fourth-order valence-electron chi connectivity index (χ4n) is 1.82. The van der Waals surface area contributed by atoms with E-state index in [2.05, 4.69) is 18.5 Å². The number of hydrogen-bond acceptors (Lipinski definition) is 6. The van der Waals surface area contributed by atoms with E-state index in [9.17, 15) is 8.42 Å². The van der Waals surface area contributed by atoms with E-state index in [1.807, 2.05) is 6.07 Å². The first kappa shape index (κ1) is 13.5. The lowest BCUT2D eigenvalue weighted by Crippen LogP contribution is -2.16. The van der Waals surface area contributed by atoms with E-state index in [1.54, 1.807) is 19.2 Å². The molecule has 0 radical (unpaired) electrons. The lowest BCUT2D eigenvalue weighted by Gasteiger charge is -2.10. The monoisotopic (exact) mass is 320 g/mol. The number of sulfonamides is 1. The molecule has 1 aromatic carbocycles. The first-order valence-electron chi connectivity index (χ1n) is 5.69. The molecule has 0 saturated carbocycles. The molecule has 0 saturated heterocycles. The number of anilines is 1. The Morgan fingerprint density at radius 3 is 2.95 bits per heavy atom. The Balaban J connectivity index is 2.07. The van der Waals surface area contributed by atoms with Gasteiger partial charge in [0.25, 0.3) is 10.0 Å². The number of hydrogen-bond donors (Lipinski definition) is 1. The predicted molar refractivity (Wildman–Crippen MR) is 76.7 cm³/mol. The molecule has 106 valence electrons. The van der Waals surface area contributed by atoms with Crippen molar-refractivity contribution in [2.45, 2.75) is 4.90 Å². The second-order valence-corrected chi connectivity index (χ2v) is 6.32. The van der Waals surface area contributed by atoms with Crippen molar-refractivity contribution in [1.29, 1.82) is 5.26 Å². The van der Waals surface area contributed by atoms with Crippen molar-refractivity contribution < 1.29 is 8.42 Å². The molecule has 0 fully saturated rings. The van der Waals surface area contributed by atoms with Gasteiger partial charge in [0.15, 0.2) is 5.82 Å². The summed E-state index contributed by atoms with van der Waals surface area (Å²) >= 11 is 0.940. The van der Waals surface area contributed by atoms with Crippen LogP contribution in [0.3, 0.4) is 0 Å². The summed E-state index contributed by atoms with van der Waals surface area (Å²) in [4.78, 5) is 0.0128. The molecule has 2 heterocycles. The van der Waals surface area contributed by atoms with Gasteiger partial charge in [0.1, 0.15) is 27.9 Å². The maximum Gasteiger partial charge on any atom is 0.265 e. The Kier molecular flexibility index (Phi) is 3.08. The summed E-state index contributed by atoms with van der Waals surface area (Å²) in [5.74, 6) is 0.109. The maximum absolute atomic E-state index is 12.5. The highest BCUT2D eigenvalue weighted by molar-refractivity contribution is 7.93. The van der Waals surface area contributed by atoms with Crippen LogP contribution in [0.15, 0.2) is 38.0 Å². The van der Waals surface area contributed by atoms with Crippen LogP contribution in [-0.4, -0.2) is 18.2 Å². The second kappa shape index (κ2) is 4.80. The van der Waals surface area contributed by atoms with Crippen LogP contribution in [-0.2, 0) is 28.4 Å². The molecule has 0 amide bonds. The van der Waals surface area contributed by atoms with Gasteiger partial charge in [0.05, 0.1) is 17.6 Å². The SMILES string of the molecule is Cn1ncc(C#N)c1NS(=O)(=O)c1cccc2c1N=S=N2. The molecular weight excluding hydrogens is 312 g/mol. The molecule has 21 heavy (non-hydrogen) atoms. The van der Waals surface area contributed by atoms with Gasteiger partial charge in [-0.3, -0.25) is 9.40 Å². The quantitative estimate of drug-likeness (QED) is 0.793. The fourth-order valence-corrected chi connectivity index (χ4v) is 3.70. The van der Waals surface area contributed by atoms with E-state index in [0.717, 1.165) is 11.4 Å². The van der Waals surface area contributed by atoms with E-state index in [-0.39, 0.29) is 16.3 Å². The van der Waals surface area contributed by atoms with E-state index in [1.165, 1.54) is 16.9 Å². The van der Waals surface area contributed by atoms with Gasteiger partial charge >= 0.3 is 0 Å². The van der Waals surface area contributed by atoms with Gasteiger partial charge in [-0.15, -0.1) is 0 Å². The summed E-state index contributed by atoms with van der Waals surface area (Å²) < 4.78 is 36.7. The minimum absolute atomic E-state index is 0.0128. The van der Waals surface area contributed by atoms with Crippen LogP contribution in [0.5, 0.6) is 0 Å². The topological polar surface area (TPSA) is 112 Å². The molecule has 0 aliphatic carbocycles. The third-order valence-corrected chi connectivity index (χ3v) is 4.74. The van der Waals surface area contributed by atoms with E-state index >= 15 is 0 Å². The normalized spacial score (nSPS) is 12.6. The number of benzene rings is 1. The first-order valence-corrected chi connectivity index (χ1v) is 7.90. The molecule has 0 spiro atoms. The number of aryl methyl sites for hydroxylation is 1. The van der Waals surface area contributed by atoms with Gasteiger partial charge in [-0.05, 0) is 12.1 Å². The smallest absolute Gasteiger partial charge is 0.262 e. The van der Waals surface area contributed by atoms with Crippen molar-refractivity contribution in [2.24, 2.45) is 15.8 Å². The van der Waals surface area contributed by atoms with Crippen LogP contribution >= 0.6 is 0 Å². The first-order chi connectivity index (χ1) is 10.0. The molecule has 3 rings (SSSR count). The molecule has 1 N–H and O–H groups in total. The predicted octanol–water partition coefficient (Wildman–Crippen LogP) is 1.82. The number of aromatic nitrogens is 2. The van der Waals surface area contributed by atoms with Gasteiger partial charge < -0.3 is 0 Å². The number of nitriles is 1. The molecule has 0 bridgehead atoms. The molecular formula is C11H8N6O2S2. The zero-order valence-electron chi connectivity index (χ0n) is 10.7. The zero-order valence-corrected chi connectivity index (χ0v) is 12.3. The van der Waals surface area contributed by atoms with Crippen LogP contribution in [0.25, 0.3) is 0 Å². The van der Waals surface area contributed by atoms with Crippen molar-refractivity contribution in [2.75, 3.05) is 4.72 Å². The Labute approximate surface area is 124 Å². The standard InChI is InChI=1S/C11H8N6O2S2/c1-17-11(7(5-12)6-13-17)16-21(18,19)9-4-2-3-8-10(9)15-20-14-8/h2-4,6,16H,1H3. The van der Waals surface area contributed by atoms with Crippen molar-refractivity contribution in [3.63, 3.8) is 0 Å². The van der Waals surface area contributed by atoms with Crippen molar-refractivity contribution in [3.8, 4) is 6.07 Å². The summed E-state index contributed by atoms with van der Waals surface area (Å²) in [7, 11) is -2.35.